The first-order valence-electron chi connectivity index (χ1n) is 5.21. The van der Waals surface area contributed by atoms with Gasteiger partial charge in [-0.3, -0.25) is 9.79 Å². The van der Waals surface area contributed by atoms with E-state index in [0.29, 0.717) is 16.5 Å². The van der Waals surface area contributed by atoms with Gasteiger partial charge in [-0.15, -0.1) is 0 Å². The summed E-state index contributed by atoms with van der Waals surface area (Å²) in [5, 5.41) is 7.23. The number of carbonyl (C=O) groups excluding carboxylic acids is 1. The molecular weight excluding hydrogens is 258 g/mol. The molecule has 0 unspecified atom stereocenters. The Balaban J connectivity index is 1.83. The number of nitrogens with zero attached hydrogens (tertiary/aromatic N) is 1. The van der Waals surface area contributed by atoms with Gasteiger partial charge in [-0.1, -0.05) is 35.5 Å². The second-order valence-electron chi connectivity index (χ2n) is 3.43. The molecule has 17 heavy (non-hydrogen) atoms. The molecule has 0 saturated carbocycles. The third kappa shape index (κ3) is 3.64. The highest BCUT2D eigenvalue weighted by Crippen LogP contribution is 2.20. The Morgan fingerprint density at radius 1 is 1.53 bits per heavy atom. The van der Waals surface area contributed by atoms with E-state index in [-0.39, 0.29) is 5.91 Å². The van der Waals surface area contributed by atoms with Crippen LogP contribution in [0.5, 0.6) is 0 Å². The summed E-state index contributed by atoms with van der Waals surface area (Å²) in [4.78, 5) is 15.8. The van der Waals surface area contributed by atoms with Crippen LogP contribution in [0, 0.1) is 0 Å². The van der Waals surface area contributed by atoms with Crippen molar-refractivity contribution in [3.05, 3.63) is 29.3 Å². The number of aliphatic imine (C=N–C) groups is 1. The Morgan fingerprint density at radius 3 is 3.06 bits per heavy atom. The molecule has 1 aliphatic rings. The fraction of sp³-hybridized carbons (Fsp3) is 0.273. The summed E-state index contributed by atoms with van der Waals surface area (Å²) in [6.45, 7) is 1.64. The molecule has 0 fully saturated rings. The summed E-state index contributed by atoms with van der Waals surface area (Å²) < 4.78 is 0. The maximum absolute atomic E-state index is 11.6. The molecule has 1 aromatic carbocycles. The number of thioether (sulfide) groups is 1. The first kappa shape index (κ1) is 12.3. The van der Waals surface area contributed by atoms with Gasteiger partial charge in [0.25, 0.3) is 0 Å². The second kappa shape index (κ2) is 5.93. The van der Waals surface area contributed by atoms with E-state index in [2.05, 4.69) is 15.6 Å². The minimum atomic E-state index is -0.0838. The number of hydrogen-bond acceptors (Lipinski definition) is 4. The van der Waals surface area contributed by atoms with Gasteiger partial charge in [-0.2, -0.15) is 0 Å². The molecule has 0 bridgehead atoms. The molecule has 6 heteroatoms. The van der Waals surface area contributed by atoms with Gasteiger partial charge >= 0.3 is 0 Å². The van der Waals surface area contributed by atoms with E-state index in [4.69, 9.17) is 11.6 Å². The zero-order valence-corrected chi connectivity index (χ0v) is 10.6. The third-order valence-electron chi connectivity index (χ3n) is 2.13. The molecule has 0 aliphatic carbocycles. The molecule has 90 valence electrons. The van der Waals surface area contributed by atoms with Gasteiger partial charge in [0.1, 0.15) is 0 Å². The summed E-state index contributed by atoms with van der Waals surface area (Å²) in [5.74, 6) is 0.247. The summed E-state index contributed by atoms with van der Waals surface area (Å²) in [5.41, 5.74) is 0.640. The zero-order chi connectivity index (χ0) is 12.1. The summed E-state index contributed by atoms with van der Waals surface area (Å²) in [7, 11) is 0. The first-order chi connectivity index (χ1) is 8.25. The second-order valence-corrected chi connectivity index (χ2v) is 4.80. The number of rotatable bonds is 3. The fourth-order valence-electron chi connectivity index (χ4n) is 1.36. The summed E-state index contributed by atoms with van der Waals surface area (Å²) in [6.07, 6.45) is 0. The van der Waals surface area contributed by atoms with E-state index in [1.54, 1.807) is 12.1 Å². The van der Waals surface area contributed by atoms with Crippen LogP contribution >= 0.6 is 23.4 Å². The van der Waals surface area contributed by atoms with Crippen LogP contribution in [0.1, 0.15) is 0 Å². The van der Waals surface area contributed by atoms with E-state index in [1.807, 2.05) is 12.1 Å². The highest BCUT2D eigenvalue weighted by atomic mass is 35.5. The molecule has 1 aromatic rings. The maximum Gasteiger partial charge on any atom is 0.234 e. The number of amides is 1. The fourth-order valence-corrected chi connectivity index (χ4v) is 2.27. The highest BCUT2D eigenvalue weighted by molar-refractivity contribution is 8.14. The SMILES string of the molecule is O=C(CSC1=NCCN1)Nc1ccccc1Cl. The van der Waals surface area contributed by atoms with Crippen LogP contribution in [0.15, 0.2) is 29.3 Å². The Hall–Kier alpha value is -1.20. The number of carbonyl (C=O) groups is 1. The standard InChI is InChI=1S/C11H12ClN3OS/c12-8-3-1-2-4-9(8)15-10(16)7-17-11-13-5-6-14-11/h1-4H,5-7H2,(H,13,14)(H,15,16). The molecule has 0 aromatic heterocycles. The Morgan fingerprint density at radius 2 is 2.35 bits per heavy atom. The van der Waals surface area contributed by atoms with Crippen LogP contribution < -0.4 is 10.6 Å². The molecule has 1 heterocycles. The van der Waals surface area contributed by atoms with Crippen molar-refractivity contribution in [3.8, 4) is 0 Å². The van der Waals surface area contributed by atoms with Gasteiger partial charge in [0.2, 0.25) is 5.91 Å². The predicted molar refractivity (Wildman–Crippen MR) is 72.8 cm³/mol. The van der Waals surface area contributed by atoms with Crippen LogP contribution in [-0.2, 0) is 4.79 Å². The van der Waals surface area contributed by atoms with Gasteiger partial charge in [0, 0.05) is 6.54 Å². The van der Waals surface area contributed by atoms with Crippen molar-refractivity contribution in [2.45, 2.75) is 0 Å². The van der Waals surface area contributed by atoms with Crippen molar-refractivity contribution in [3.63, 3.8) is 0 Å². The van der Waals surface area contributed by atoms with Crippen LogP contribution in [0.2, 0.25) is 5.02 Å². The molecular formula is C11H12ClN3OS. The molecule has 1 amide bonds. The maximum atomic E-state index is 11.6. The van der Waals surface area contributed by atoms with Crippen molar-refractivity contribution < 1.29 is 4.79 Å². The zero-order valence-electron chi connectivity index (χ0n) is 9.07. The smallest absolute Gasteiger partial charge is 0.234 e. The van der Waals surface area contributed by atoms with Crippen molar-refractivity contribution in [1.82, 2.24) is 5.32 Å². The summed E-state index contributed by atoms with van der Waals surface area (Å²) in [6, 6.07) is 7.17. The molecule has 0 spiro atoms. The van der Waals surface area contributed by atoms with E-state index >= 15 is 0 Å². The van der Waals surface area contributed by atoms with Crippen molar-refractivity contribution in [1.29, 1.82) is 0 Å². The lowest BCUT2D eigenvalue weighted by molar-refractivity contribution is -0.113. The largest absolute Gasteiger partial charge is 0.363 e. The molecule has 2 rings (SSSR count). The topological polar surface area (TPSA) is 53.5 Å². The average Bonchev–Trinajstić information content (AvgIpc) is 2.82. The lowest BCUT2D eigenvalue weighted by atomic mass is 10.3. The Kier molecular flexibility index (Phi) is 4.28. The van der Waals surface area contributed by atoms with Crippen LogP contribution in [0.25, 0.3) is 0 Å². The lowest BCUT2D eigenvalue weighted by Gasteiger charge is -2.06. The Labute approximate surface area is 109 Å². The van der Waals surface area contributed by atoms with Gasteiger partial charge < -0.3 is 10.6 Å². The minimum absolute atomic E-state index is 0.0838. The normalized spacial score (nSPS) is 14.1. The lowest BCUT2D eigenvalue weighted by Crippen LogP contribution is -2.20. The van der Waals surface area contributed by atoms with E-state index in [0.717, 1.165) is 18.3 Å². The minimum Gasteiger partial charge on any atom is -0.363 e. The first-order valence-corrected chi connectivity index (χ1v) is 6.57. The van der Waals surface area contributed by atoms with Gasteiger partial charge in [0.05, 0.1) is 23.0 Å². The van der Waals surface area contributed by atoms with E-state index in [1.165, 1.54) is 11.8 Å². The van der Waals surface area contributed by atoms with Crippen LogP contribution in [0.4, 0.5) is 5.69 Å². The van der Waals surface area contributed by atoms with Crippen LogP contribution in [0.3, 0.4) is 0 Å². The van der Waals surface area contributed by atoms with Crippen LogP contribution in [-0.4, -0.2) is 29.9 Å². The molecule has 0 atom stereocenters. The number of amidine groups is 1. The molecule has 1 aliphatic heterocycles. The van der Waals surface area contributed by atoms with Gasteiger partial charge in [-0.05, 0) is 12.1 Å². The van der Waals surface area contributed by atoms with Gasteiger partial charge in [-0.25, -0.2) is 0 Å². The number of halogens is 1. The van der Waals surface area contributed by atoms with Crippen molar-refractivity contribution in [2.75, 3.05) is 24.2 Å². The molecule has 0 saturated heterocycles. The monoisotopic (exact) mass is 269 g/mol. The van der Waals surface area contributed by atoms with E-state index in [9.17, 15) is 4.79 Å². The number of nitrogens with one attached hydrogen (secondary N) is 2. The predicted octanol–water partition coefficient (Wildman–Crippen LogP) is 1.97. The molecule has 0 radical (unpaired) electrons. The highest BCUT2D eigenvalue weighted by Gasteiger charge is 2.10. The molecule has 4 nitrogen and oxygen atoms in total. The quantitative estimate of drug-likeness (QED) is 0.882. The Bertz CT molecular complexity index is 450. The number of para-hydroxylation sites is 1. The van der Waals surface area contributed by atoms with Crippen molar-refractivity contribution in [2.24, 2.45) is 4.99 Å². The number of hydrogen-bond donors (Lipinski definition) is 2. The number of benzene rings is 1. The third-order valence-corrected chi connectivity index (χ3v) is 3.41. The average molecular weight is 270 g/mol. The van der Waals surface area contributed by atoms with E-state index < -0.39 is 0 Å². The van der Waals surface area contributed by atoms with Gasteiger partial charge in [0.15, 0.2) is 5.17 Å². The summed E-state index contributed by atoms with van der Waals surface area (Å²) >= 11 is 7.34. The number of anilines is 1. The molecule has 2 N–H and O–H groups in total. The van der Waals surface area contributed by atoms with Crippen molar-refractivity contribution >= 4 is 40.1 Å².